The number of carbonyl (C=O) groups is 2. The topological polar surface area (TPSA) is 105 Å². The number of nitrogens with zero attached hydrogens (tertiary/aromatic N) is 1. The molecule has 7 nitrogen and oxygen atoms in total. The van der Waals surface area contributed by atoms with E-state index < -0.39 is 24.5 Å². The zero-order valence-corrected chi connectivity index (χ0v) is 10.4. The van der Waals surface area contributed by atoms with Crippen LogP contribution in [0, 0.1) is 0 Å². The summed E-state index contributed by atoms with van der Waals surface area (Å²) >= 11 is 0. The molecule has 19 heavy (non-hydrogen) atoms. The van der Waals surface area contributed by atoms with Crippen molar-refractivity contribution in [3.63, 3.8) is 0 Å². The largest absolute Gasteiger partial charge is 0.482 e. The van der Waals surface area contributed by atoms with Gasteiger partial charge in [0.1, 0.15) is 11.8 Å². The van der Waals surface area contributed by atoms with E-state index in [2.05, 4.69) is 5.32 Å². The van der Waals surface area contributed by atoms with Gasteiger partial charge in [0, 0.05) is 12.7 Å². The van der Waals surface area contributed by atoms with E-state index in [9.17, 15) is 9.59 Å². The number of anilines is 2. The average molecular weight is 265 g/mol. The molecule has 1 heterocycles. The number of carbonyl (C=O) groups excluding carboxylic acids is 2. The Labute approximate surface area is 109 Å². The summed E-state index contributed by atoms with van der Waals surface area (Å²) in [5.41, 5.74) is 6.55. The van der Waals surface area contributed by atoms with Crippen molar-refractivity contribution in [3.05, 3.63) is 18.2 Å². The Morgan fingerprint density at radius 1 is 1.63 bits per heavy atom. The second-order valence-corrected chi connectivity index (χ2v) is 4.08. The molecule has 1 aromatic rings. The Bertz CT molecular complexity index is 518. The molecule has 1 atom stereocenters. The molecule has 4 N–H and O–H groups in total. The predicted octanol–water partition coefficient (Wildman–Crippen LogP) is -0.700. The van der Waals surface area contributed by atoms with Crippen LogP contribution in [0.2, 0.25) is 0 Å². The van der Waals surface area contributed by atoms with E-state index >= 15 is 0 Å². The highest BCUT2D eigenvalue weighted by Gasteiger charge is 2.33. The summed E-state index contributed by atoms with van der Waals surface area (Å²) in [7, 11) is 1.72. The SMILES string of the molecule is CNc1ccc2c(c1)N(C(=O)C(N)CO)C(=O)CO2. The summed E-state index contributed by atoms with van der Waals surface area (Å²) in [5.74, 6) is -0.725. The van der Waals surface area contributed by atoms with Gasteiger partial charge < -0.3 is 20.9 Å². The Balaban J connectivity index is 2.44. The monoisotopic (exact) mass is 265 g/mol. The quantitative estimate of drug-likeness (QED) is 0.667. The van der Waals surface area contributed by atoms with Gasteiger partial charge >= 0.3 is 0 Å². The molecule has 1 aromatic carbocycles. The third-order valence-corrected chi connectivity index (χ3v) is 2.82. The molecule has 0 spiro atoms. The molecule has 1 aliphatic heterocycles. The molecule has 0 radical (unpaired) electrons. The predicted molar refractivity (Wildman–Crippen MR) is 69.0 cm³/mol. The second kappa shape index (κ2) is 5.25. The number of aliphatic hydroxyl groups excluding tert-OH is 1. The molecule has 102 valence electrons. The highest BCUT2D eigenvalue weighted by molar-refractivity contribution is 6.19. The standard InChI is InChI=1S/C12H15N3O4/c1-14-7-2-3-10-9(4-7)15(11(17)6-19-10)12(18)8(13)5-16/h2-4,8,14,16H,5-6,13H2,1H3. The lowest BCUT2D eigenvalue weighted by atomic mass is 10.1. The van der Waals surface area contributed by atoms with Gasteiger partial charge in [-0.15, -0.1) is 0 Å². The minimum atomic E-state index is -1.13. The van der Waals surface area contributed by atoms with Crippen LogP contribution in [-0.4, -0.2) is 43.2 Å². The number of hydrogen-bond donors (Lipinski definition) is 3. The van der Waals surface area contributed by atoms with Crippen LogP contribution in [0.25, 0.3) is 0 Å². The van der Waals surface area contributed by atoms with Crippen molar-refractivity contribution in [2.24, 2.45) is 5.73 Å². The summed E-state index contributed by atoms with van der Waals surface area (Å²) in [6.45, 7) is -0.750. The summed E-state index contributed by atoms with van der Waals surface area (Å²) in [6.07, 6.45) is 0. The van der Waals surface area contributed by atoms with E-state index in [1.807, 2.05) is 0 Å². The smallest absolute Gasteiger partial charge is 0.271 e. The maximum absolute atomic E-state index is 12.0. The number of imide groups is 1. The van der Waals surface area contributed by atoms with Crippen molar-refractivity contribution < 1.29 is 19.4 Å². The third-order valence-electron chi connectivity index (χ3n) is 2.82. The molecular formula is C12H15N3O4. The van der Waals surface area contributed by atoms with Crippen LogP contribution in [0.15, 0.2) is 18.2 Å². The lowest BCUT2D eigenvalue weighted by Gasteiger charge is -2.29. The van der Waals surface area contributed by atoms with E-state index in [1.165, 1.54) is 0 Å². The minimum Gasteiger partial charge on any atom is -0.482 e. The first-order chi connectivity index (χ1) is 9.08. The number of ether oxygens (including phenoxy) is 1. The molecule has 2 rings (SSSR count). The van der Waals surface area contributed by atoms with Crippen LogP contribution >= 0.6 is 0 Å². The zero-order chi connectivity index (χ0) is 14.0. The normalized spacial score (nSPS) is 15.5. The Morgan fingerprint density at radius 3 is 3.00 bits per heavy atom. The van der Waals surface area contributed by atoms with Gasteiger partial charge in [-0.3, -0.25) is 9.59 Å². The Kier molecular flexibility index (Phi) is 3.68. The lowest BCUT2D eigenvalue weighted by molar-refractivity contribution is -0.129. The molecule has 1 aliphatic rings. The van der Waals surface area contributed by atoms with Crippen LogP contribution in [0.1, 0.15) is 0 Å². The number of rotatable bonds is 3. The van der Waals surface area contributed by atoms with Crippen LogP contribution in [0.5, 0.6) is 5.75 Å². The second-order valence-electron chi connectivity index (χ2n) is 4.08. The Hall–Kier alpha value is -2.12. The van der Waals surface area contributed by atoms with Gasteiger partial charge in [-0.25, -0.2) is 4.90 Å². The highest BCUT2D eigenvalue weighted by atomic mass is 16.5. The first kappa shape index (κ1) is 13.3. The van der Waals surface area contributed by atoms with Gasteiger partial charge in [0.2, 0.25) is 0 Å². The summed E-state index contributed by atoms with van der Waals surface area (Å²) < 4.78 is 5.25. The van der Waals surface area contributed by atoms with Crippen LogP contribution in [0.4, 0.5) is 11.4 Å². The molecule has 0 saturated carbocycles. The first-order valence-electron chi connectivity index (χ1n) is 5.76. The molecule has 0 aromatic heterocycles. The van der Waals surface area contributed by atoms with Crippen molar-refractivity contribution in [3.8, 4) is 5.75 Å². The number of nitrogens with one attached hydrogen (secondary N) is 1. The van der Waals surface area contributed by atoms with E-state index in [0.29, 0.717) is 11.4 Å². The van der Waals surface area contributed by atoms with Crippen LogP contribution < -0.4 is 20.7 Å². The summed E-state index contributed by atoms with van der Waals surface area (Å²) in [6, 6.07) is 3.92. The molecule has 0 saturated heterocycles. The molecule has 0 fully saturated rings. The molecule has 2 amide bonds. The van der Waals surface area contributed by atoms with Crippen molar-refractivity contribution in [2.75, 3.05) is 30.5 Å². The van der Waals surface area contributed by atoms with Gasteiger partial charge in [-0.2, -0.15) is 0 Å². The van der Waals surface area contributed by atoms with E-state index in [1.54, 1.807) is 25.2 Å². The average Bonchev–Trinajstić information content (AvgIpc) is 2.44. The molecule has 7 heteroatoms. The Morgan fingerprint density at radius 2 is 2.37 bits per heavy atom. The number of nitrogens with two attached hydrogens (primary N) is 1. The number of fused-ring (bicyclic) bond motifs is 1. The van der Waals surface area contributed by atoms with Crippen molar-refractivity contribution in [1.29, 1.82) is 0 Å². The highest BCUT2D eigenvalue weighted by Crippen LogP contribution is 2.34. The van der Waals surface area contributed by atoms with E-state index in [4.69, 9.17) is 15.6 Å². The van der Waals surface area contributed by atoms with Crippen LogP contribution in [-0.2, 0) is 9.59 Å². The summed E-state index contributed by atoms with van der Waals surface area (Å²) in [4.78, 5) is 24.8. The maximum atomic E-state index is 12.0. The van der Waals surface area contributed by atoms with Gasteiger partial charge in [0.05, 0.1) is 12.3 Å². The molecular weight excluding hydrogens is 250 g/mol. The van der Waals surface area contributed by atoms with Gasteiger partial charge in [0.15, 0.2) is 6.61 Å². The van der Waals surface area contributed by atoms with E-state index in [0.717, 1.165) is 10.6 Å². The number of benzene rings is 1. The number of amides is 2. The molecule has 0 aliphatic carbocycles. The van der Waals surface area contributed by atoms with Crippen molar-refractivity contribution >= 4 is 23.2 Å². The van der Waals surface area contributed by atoms with Crippen molar-refractivity contribution in [2.45, 2.75) is 6.04 Å². The lowest BCUT2D eigenvalue weighted by Crippen LogP contribution is -2.51. The van der Waals surface area contributed by atoms with Gasteiger partial charge in [-0.1, -0.05) is 0 Å². The molecule has 1 unspecified atom stereocenters. The fourth-order valence-corrected chi connectivity index (χ4v) is 1.79. The minimum absolute atomic E-state index is 0.226. The number of aliphatic hydroxyl groups is 1. The van der Waals surface area contributed by atoms with E-state index in [-0.39, 0.29) is 6.61 Å². The summed E-state index contributed by atoms with van der Waals surface area (Å²) in [5, 5.41) is 11.9. The zero-order valence-electron chi connectivity index (χ0n) is 10.4. The maximum Gasteiger partial charge on any atom is 0.271 e. The van der Waals surface area contributed by atoms with Crippen LogP contribution in [0.3, 0.4) is 0 Å². The fourth-order valence-electron chi connectivity index (χ4n) is 1.79. The van der Waals surface area contributed by atoms with Crippen molar-refractivity contribution in [1.82, 2.24) is 0 Å². The fraction of sp³-hybridized carbons (Fsp3) is 0.333. The number of hydrogen-bond acceptors (Lipinski definition) is 6. The molecule has 0 bridgehead atoms. The first-order valence-corrected chi connectivity index (χ1v) is 5.76. The third kappa shape index (κ3) is 2.38. The van der Waals surface area contributed by atoms with Gasteiger partial charge in [0.25, 0.3) is 11.8 Å². The van der Waals surface area contributed by atoms with Gasteiger partial charge in [-0.05, 0) is 18.2 Å².